The summed E-state index contributed by atoms with van der Waals surface area (Å²) in [6.07, 6.45) is 1.12. The van der Waals surface area contributed by atoms with E-state index < -0.39 is 0 Å². The first-order valence-electron chi connectivity index (χ1n) is 9.05. The minimum atomic E-state index is -0.00446. The van der Waals surface area contributed by atoms with Crippen LogP contribution in [0.4, 0.5) is 11.4 Å². The van der Waals surface area contributed by atoms with Gasteiger partial charge in [0.2, 0.25) is 5.91 Å². The predicted molar refractivity (Wildman–Crippen MR) is 100 cm³/mol. The highest BCUT2D eigenvalue weighted by Gasteiger charge is 2.18. The van der Waals surface area contributed by atoms with E-state index in [4.69, 9.17) is 0 Å². The molecule has 7 nitrogen and oxygen atoms in total. The molecular weight excluding hydrogens is 316 g/mol. The van der Waals surface area contributed by atoms with Crippen molar-refractivity contribution < 1.29 is 4.79 Å². The van der Waals surface area contributed by atoms with Crippen LogP contribution >= 0.6 is 0 Å². The van der Waals surface area contributed by atoms with Crippen LogP contribution in [-0.2, 0) is 11.3 Å². The molecule has 134 valence electrons. The fourth-order valence-corrected chi connectivity index (χ4v) is 3.72. The minimum Gasteiger partial charge on any atom is -0.374 e. The number of anilines is 2. The Kier molecular flexibility index (Phi) is 4.35. The maximum absolute atomic E-state index is 11.5. The van der Waals surface area contributed by atoms with Crippen molar-refractivity contribution >= 4 is 28.3 Å². The van der Waals surface area contributed by atoms with Crippen molar-refractivity contribution in [2.75, 3.05) is 56.9 Å². The molecule has 4 rings (SSSR count). The molecule has 1 fully saturated rings. The van der Waals surface area contributed by atoms with Gasteiger partial charge in [0.05, 0.1) is 29.0 Å². The molecule has 1 aromatic heterocycles. The third kappa shape index (κ3) is 3.34. The number of carbonyl (C=O) groups excluding carboxylic acids is 1. The molecule has 0 radical (unpaired) electrons. The maximum Gasteiger partial charge on any atom is 0.243 e. The van der Waals surface area contributed by atoms with E-state index in [1.807, 2.05) is 6.07 Å². The second-order valence-electron chi connectivity index (χ2n) is 7.10. The zero-order chi connectivity index (χ0) is 17.4. The van der Waals surface area contributed by atoms with Crippen LogP contribution in [0, 0.1) is 6.92 Å². The van der Waals surface area contributed by atoms with Gasteiger partial charge in [0, 0.05) is 32.7 Å². The van der Waals surface area contributed by atoms with Gasteiger partial charge in [-0.2, -0.15) is 0 Å². The van der Waals surface area contributed by atoms with Crippen molar-refractivity contribution in [3.8, 4) is 0 Å². The molecule has 0 unspecified atom stereocenters. The molecular formula is C18H26N6O. The number of nitrogens with one attached hydrogen (secondary N) is 2. The zero-order valence-corrected chi connectivity index (χ0v) is 15.0. The molecule has 1 amide bonds. The molecule has 2 aromatic rings. The lowest BCUT2D eigenvalue weighted by molar-refractivity contribution is -0.114. The highest BCUT2D eigenvalue weighted by atomic mass is 16.2. The van der Waals surface area contributed by atoms with Gasteiger partial charge in [-0.1, -0.05) is 0 Å². The van der Waals surface area contributed by atoms with Gasteiger partial charge >= 0.3 is 0 Å². The molecule has 2 N–H and O–H groups in total. The number of hydrogen-bond donors (Lipinski definition) is 2. The third-order valence-corrected chi connectivity index (χ3v) is 5.24. The second kappa shape index (κ2) is 6.65. The van der Waals surface area contributed by atoms with Gasteiger partial charge in [0.25, 0.3) is 0 Å². The number of carbonyl (C=O) groups is 1. The average molecular weight is 342 g/mol. The summed E-state index contributed by atoms with van der Waals surface area (Å²) in [7, 11) is 2.19. The first kappa shape index (κ1) is 16.4. The van der Waals surface area contributed by atoms with Crippen molar-refractivity contribution in [1.82, 2.24) is 19.4 Å². The molecule has 1 aromatic carbocycles. The molecule has 0 saturated carbocycles. The molecule has 25 heavy (non-hydrogen) atoms. The van der Waals surface area contributed by atoms with Crippen LogP contribution in [-0.4, -0.2) is 71.6 Å². The number of imidazole rings is 1. The molecule has 7 heteroatoms. The van der Waals surface area contributed by atoms with Gasteiger partial charge in [0.1, 0.15) is 5.82 Å². The van der Waals surface area contributed by atoms with E-state index in [9.17, 15) is 4.79 Å². The van der Waals surface area contributed by atoms with Crippen molar-refractivity contribution in [3.05, 3.63) is 18.0 Å². The minimum absolute atomic E-state index is 0.00446. The third-order valence-electron chi connectivity index (χ3n) is 5.24. The van der Waals surface area contributed by atoms with Gasteiger partial charge in [-0.05, 0) is 39.1 Å². The maximum atomic E-state index is 11.5. The van der Waals surface area contributed by atoms with E-state index in [0.717, 1.165) is 73.9 Å². The lowest BCUT2D eigenvalue weighted by Crippen LogP contribution is -2.44. The number of piperazine rings is 1. The lowest BCUT2D eigenvalue weighted by atomic mass is 10.2. The summed E-state index contributed by atoms with van der Waals surface area (Å²) in [5.74, 6) is 1.03. The quantitative estimate of drug-likeness (QED) is 0.878. The summed E-state index contributed by atoms with van der Waals surface area (Å²) >= 11 is 0. The van der Waals surface area contributed by atoms with Crippen LogP contribution in [0.2, 0.25) is 0 Å². The van der Waals surface area contributed by atoms with E-state index >= 15 is 0 Å². The van der Waals surface area contributed by atoms with Gasteiger partial charge in [-0.25, -0.2) is 4.98 Å². The van der Waals surface area contributed by atoms with Gasteiger partial charge < -0.3 is 25.0 Å². The van der Waals surface area contributed by atoms with Crippen molar-refractivity contribution in [3.63, 3.8) is 0 Å². The van der Waals surface area contributed by atoms with Crippen LogP contribution in [0.3, 0.4) is 0 Å². The first-order chi connectivity index (χ1) is 12.1. The monoisotopic (exact) mass is 342 g/mol. The largest absolute Gasteiger partial charge is 0.374 e. The molecule has 1 saturated heterocycles. The highest BCUT2D eigenvalue weighted by Crippen LogP contribution is 2.30. The first-order valence-corrected chi connectivity index (χ1v) is 9.05. The Hall–Kier alpha value is -2.12. The number of likely N-dealkylation sites (N-methyl/N-ethyl adjacent to an activating group) is 1. The summed E-state index contributed by atoms with van der Waals surface area (Å²) in [4.78, 5) is 21.2. The standard InChI is InChI=1S/C18H26N6O/c1-13-20-16-10-15-14(19-12-18(25)21-15)11-17(16)24(13)5-3-4-23-8-6-22(2)7-9-23/h10-11,19H,3-9,12H2,1-2H3,(H,21,25). The van der Waals surface area contributed by atoms with Crippen LogP contribution in [0.15, 0.2) is 12.1 Å². The Labute approximate surface area is 148 Å². The van der Waals surface area contributed by atoms with Crippen LogP contribution in [0.25, 0.3) is 11.0 Å². The smallest absolute Gasteiger partial charge is 0.243 e. The Morgan fingerprint density at radius 3 is 2.72 bits per heavy atom. The van der Waals surface area contributed by atoms with Gasteiger partial charge in [-0.3, -0.25) is 4.79 Å². The van der Waals surface area contributed by atoms with E-state index in [2.05, 4.69) is 50.0 Å². The molecule has 0 atom stereocenters. The summed E-state index contributed by atoms with van der Waals surface area (Å²) in [5, 5.41) is 6.10. The number of rotatable bonds is 4. The number of aromatic nitrogens is 2. The molecule has 3 heterocycles. The molecule has 2 aliphatic rings. The summed E-state index contributed by atoms with van der Waals surface area (Å²) in [6, 6.07) is 4.08. The Bertz CT molecular complexity index is 790. The Balaban J connectivity index is 1.48. The van der Waals surface area contributed by atoms with E-state index in [0.29, 0.717) is 6.54 Å². The Morgan fingerprint density at radius 2 is 1.92 bits per heavy atom. The van der Waals surface area contributed by atoms with Crippen LogP contribution < -0.4 is 10.6 Å². The molecule has 2 aliphatic heterocycles. The average Bonchev–Trinajstić information content (AvgIpc) is 2.89. The lowest BCUT2D eigenvalue weighted by Gasteiger charge is -2.32. The second-order valence-corrected chi connectivity index (χ2v) is 7.10. The molecule has 0 bridgehead atoms. The van der Waals surface area contributed by atoms with Crippen molar-refractivity contribution in [2.24, 2.45) is 0 Å². The fourth-order valence-electron chi connectivity index (χ4n) is 3.72. The van der Waals surface area contributed by atoms with E-state index in [1.165, 1.54) is 0 Å². The molecule has 0 spiro atoms. The van der Waals surface area contributed by atoms with Crippen LogP contribution in [0.1, 0.15) is 12.2 Å². The predicted octanol–water partition coefficient (Wildman–Crippen LogP) is 1.35. The SMILES string of the molecule is Cc1nc2cc3c(cc2n1CCCN1CCN(C)CC1)NCC(=O)N3. The summed E-state index contributed by atoms with van der Waals surface area (Å²) in [6.45, 7) is 9.14. The summed E-state index contributed by atoms with van der Waals surface area (Å²) in [5.41, 5.74) is 3.89. The number of fused-ring (bicyclic) bond motifs is 2. The van der Waals surface area contributed by atoms with E-state index in [-0.39, 0.29) is 5.91 Å². The number of aryl methyl sites for hydroxylation is 2. The topological polar surface area (TPSA) is 65.4 Å². The fraction of sp³-hybridized carbons (Fsp3) is 0.556. The summed E-state index contributed by atoms with van der Waals surface area (Å²) < 4.78 is 2.30. The van der Waals surface area contributed by atoms with E-state index in [1.54, 1.807) is 0 Å². The number of benzene rings is 1. The van der Waals surface area contributed by atoms with Gasteiger partial charge in [0.15, 0.2) is 0 Å². The number of amides is 1. The normalized spacial score (nSPS) is 18.9. The van der Waals surface area contributed by atoms with Crippen molar-refractivity contribution in [1.29, 1.82) is 0 Å². The number of nitrogens with zero attached hydrogens (tertiary/aromatic N) is 4. The number of hydrogen-bond acceptors (Lipinski definition) is 5. The van der Waals surface area contributed by atoms with Gasteiger partial charge in [-0.15, -0.1) is 0 Å². The van der Waals surface area contributed by atoms with Crippen LogP contribution in [0.5, 0.6) is 0 Å². The van der Waals surface area contributed by atoms with Crippen molar-refractivity contribution in [2.45, 2.75) is 19.9 Å². The molecule has 0 aliphatic carbocycles. The zero-order valence-electron chi connectivity index (χ0n) is 15.0. The Morgan fingerprint density at radius 1 is 1.12 bits per heavy atom. The highest BCUT2D eigenvalue weighted by molar-refractivity contribution is 6.03.